The van der Waals surface area contributed by atoms with E-state index in [9.17, 15) is 9.59 Å². The average Bonchev–Trinajstić information content (AvgIpc) is 3.52. The summed E-state index contributed by atoms with van der Waals surface area (Å²) in [5.74, 6) is 0.170. The lowest BCUT2D eigenvalue weighted by Crippen LogP contribution is -2.40. The Morgan fingerprint density at radius 1 is 1.15 bits per heavy atom. The van der Waals surface area contributed by atoms with Crippen molar-refractivity contribution in [2.45, 2.75) is 32.4 Å². The summed E-state index contributed by atoms with van der Waals surface area (Å²) in [4.78, 5) is 26.5. The number of ether oxygens (including phenoxy) is 1. The molecule has 0 spiro atoms. The van der Waals surface area contributed by atoms with Crippen LogP contribution in [0.15, 0.2) is 54.6 Å². The molecule has 1 aliphatic rings. The fourth-order valence-electron chi connectivity index (χ4n) is 3.27. The van der Waals surface area contributed by atoms with E-state index in [1.54, 1.807) is 24.3 Å². The fraction of sp³-hybridized carbons (Fsp3) is 0.364. The molecule has 0 bridgehead atoms. The van der Waals surface area contributed by atoms with Gasteiger partial charge in [-0.1, -0.05) is 36.4 Å². The molecule has 1 unspecified atom stereocenters. The minimum Gasteiger partial charge on any atom is -0.465 e. The molecular formula is C22H26N2O3. The number of carbonyl (C=O) groups is 2. The molecule has 5 heteroatoms. The molecule has 3 rings (SSSR count). The summed E-state index contributed by atoms with van der Waals surface area (Å²) in [6.07, 6.45) is 2.46. The van der Waals surface area contributed by atoms with Crippen molar-refractivity contribution in [1.82, 2.24) is 4.90 Å². The first-order chi connectivity index (χ1) is 13.1. The first kappa shape index (κ1) is 19.1. The van der Waals surface area contributed by atoms with Crippen molar-refractivity contribution < 1.29 is 14.3 Å². The minimum atomic E-state index is -0.417. The summed E-state index contributed by atoms with van der Waals surface area (Å²) in [5, 5.41) is 2.90. The minimum absolute atomic E-state index is 0.0829. The molecule has 0 aliphatic heterocycles. The van der Waals surface area contributed by atoms with Gasteiger partial charge in [-0.25, -0.2) is 4.79 Å². The molecule has 1 saturated carbocycles. The Morgan fingerprint density at radius 2 is 1.89 bits per heavy atom. The summed E-state index contributed by atoms with van der Waals surface area (Å²) in [7, 11) is 1.34. The van der Waals surface area contributed by atoms with Crippen LogP contribution in [0, 0.1) is 5.92 Å². The molecule has 142 valence electrons. The molecule has 1 N–H and O–H groups in total. The Labute approximate surface area is 160 Å². The van der Waals surface area contributed by atoms with Crippen molar-refractivity contribution in [2.24, 2.45) is 5.92 Å². The van der Waals surface area contributed by atoms with Gasteiger partial charge >= 0.3 is 5.97 Å². The average molecular weight is 366 g/mol. The zero-order chi connectivity index (χ0) is 19.2. The topological polar surface area (TPSA) is 58.6 Å². The van der Waals surface area contributed by atoms with Gasteiger partial charge in [0.25, 0.3) is 0 Å². The highest BCUT2D eigenvalue weighted by Crippen LogP contribution is 2.35. The Balaban J connectivity index is 1.66. The summed E-state index contributed by atoms with van der Waals surface area (Å²) in [6.45, 7) is 3.26. The normalized spacial score (nSPS) is 14.6. The van der Waals surface area contributed by atoms with Gasteiger partial charge in [0.2, 0.25) is 5.91 Å². The molecule has 2 aromatic carbocycles. The highest BCUT2D eigenvalue weighted by atomic mass is 16.5. The van der Waals surface area contributed by atoms with E-state index in [2.05, 4.69) is 29.3 Å². The lowest BCUT2D eigenvalue weighted by molar-refractivity contribution is -0.118. The second kappa shape index (κ2) is 8.82. The predicted octanol–water partition coefficient (Wildman–Crippen LogP) is 3.71. The maximum absolute atomic E-state index is 12.6. The predicted molar refractivity (Wildman–Crippen MR) is 105 cm³/mol. The zero-order valence-corrected chi connectivity index (χ0v) is 15.9. The van der Waals surface area contributed by atoms with Crippen LogP contribution in [0.3, 0.4) is 0 Å². The summed E-state index contributed by atoms with van der Waals surface area (Å²) in [6, 6.07) is 17.4. The maximum atomic E-state index is 12.6. The van der Waals surface area contributed by atoms with Gasteiger partial charge in [0, 0.05) is 18.3 Å². The van der Waals surface area contributed by atoms with Gasteiger partial charge in [-0.05, 0) is 49.4 Å². The summed E-state index contributed by atoms with van der Waals surface area (Å²) < 4.78 is 4.73. The van der Waals surface area contributed by atoms with Gasteiger partial charge in [0.05, 0.1) is 19.2 Å². The smallest absolute Gasteiger partial charge is 0.337 e. The number of amides is 1. The summed E-state index contributed by atoms with van der Waals surface area (Å²) in [5.41, 5.74) is 2.22. The molecule has 1 fully saturated rings. The van der Waals surface area contributed by atoms with E-state index in [1.165, 1.54) is 25.5 Å². The fourth-order valence-corrected chi connectivity index (χ4v) is 3.27. The zero-order valence-electron chi connectivity index (χ0n) is 15.9. The van der Waals surface area contributed by atoms with Gasteiger partial charge in [0.1, 0.15) is 0 Å². The molecule has 1 atom stereocenters. The molecule has 27 heavy (non-hydrogen) atoms. The van der Waals surface area contributed by atoms with E-state index in [0.717, 1.165) is 6.54 Å². The number of hydrogen-bond acceptors (Lipinski definition) is 4. The third kappa shape index (κ3) is 5.41. The molecule has 1 aliphatic carbocycles. The first-order valence-electron chi connectivity index (χ1n) is 9.33. The molecule has 1 amide bonds. The highest BCUT2D eigenvalue weighted by Gasteiger charge is 2.32. The molecule has 0 saturated heterocycles. The largest absolute Gasteiger partial charge is 0.465 e. The molecule has 2 aromatic rings. The van der Waals surface area contributed by atoms with Crippen molar-refractivity contribution in [1.29, 1.82) is 0 Å². The van der Waals surface area contributed by atoms with E-state index >= 15 is 0 Å². The van der Waals surface area contributed by atoms with Crippen molar-refractivity contribution in [2.75, 3.05) is 19.0 Å². The van der Waals surface area contributed by atoms with Crippen LogP contribution in [0.4, 0.5) is 5.69 Å². The number of methoxy groups -OCH3 is 1. The van der Waals surface area contributed by atoms with E-state index in [-0.39, 0.29) is 5.91 Å². The van der Waals surface area contributed by atoms with Crippen LogP contribution in [0.1, 0.15) is 35.7 Å². The van der Waals surface area contributed by atoms with Crippen LogP contribution < -0.4 is 5.32 Å². The van der Waals surface area contributed by atoms with Crippen LogP contribution in [-0.2, 0) is 16.1 Å². The number of rotatable bonds is 8. The third-order valence-corrected chi connectivity index (χ3v) is 5.02. The monoisotopic (exact) mass is 366 g/mol. The van der Waals surface area contributed by atoms with Crippen LogP contribution >= 0.6 is 0 Å². The third-order valence-electron chi connectivity index (χ3n) is 5.02. The molecular weight excluding hydrogens is 340 g/mol. The number of nitrogens with one attached hydrogen (secondary N) is 1. The Morgan fingerprint density at radius 3 is 2.56 bits per heavy atom. The quantitative estimate of drug-likeness (QED) is 0.724. The van der Waals surface area contributed by atoms with E-state index in [1.807, 2.05) is 18.2 Å². The molecule has 5 nitrogen and oxygen atoms in total. The molecule has 0 radical (unpaired) electrons. The van der Waals surface area contributed by atoms with E-state index < -0.39 is 5.97 Å². The van der Waals surface area contributed by atoms with Crippen molar-refractivity contribution in [3.63, 3.8) is 0 Å². The first-order valence-corrected chi connectivity index (χ1v) is 9.33. The second-order valence-corrected chi connectivity index (χ2v) is 7.09. The van der Waals surface area contributed by atoms with Crippen LogP contribution in [-0.4, -0.2) is 36.5 Å². The number of carbonyl (C=O) groups excluding carboxylic acids is 2. The van der Waals surface area contributed by atoms with E-state index in [4.69, 9.17) is 4.74 Å². The second-order valence-electron chi connectivity index (χ2n) is 7.09. The van der Waals surface area contributed by atoms with Crippen molar-refractivity contribution in [3.05, 3.63) is 65.7 Å². The van der Waals surface area contributed by atoms with Gasteiger partial charge in [-0.2, -0.15) is 0 Å². The van der Waals surface area contributed by atoms with Gasteiger partial charge in [-0.3, -0.25) is 9.69 Å². The van der Waals surface area contributed by atoms with Gasteiger partial charge < -0.3 is 10.1 Å². The lowest BCUT2D eigenvalue weighted by atomic mass is 10.1. The maximum Gasteiger partial charge on any atom is 0.337 e. The molecule has 0 heterocycles. The standard InChI is InChI=1S/C22H26N2O3/c1-16(18-11-12-18)24(14-17-7-4-3-5-8-17)15-21(25)23-20-10-6-9-19(13-20)22(26)27-2/h3-10,13,16,18H,11-12,14-15H2,1-2H3,(H,23,25). The molecule has 0 aromatic heterocycles. The van der Waals surface area contributed by atoms with Crippen LogP contribution in [0.5, 0.6) is 0 Å². The SMILES string of the molecule is COC(=O)c1cccc(NC(=O)CN(Cc2ccccc2)C(C)C2CC2)c1. The highest BCUT2D eigenvalue weighted by molar-refractivity contribution is 5.95. The van der Waals surface area contributed by atoms with Gasteiger partial charge in [-0.15, -0.1) is 0 Å². The Kier molecular flexibility index (Phi) is 6.24. The number of anilines is 1. The Bertz CT molecular complexity index is 787. The number of benzene rings is 2. The number of esters is 1. The number of nitrogens with zero attached hydrogens (tertiary/aromatic N) is 1. The van der Waals surface area contributed by atoms with Crippen LogP contribution in [0.25, 0.3) is 0 Å². The van der Waals surface area contributed by atoms with E-state index in [0.29, 0.717) is 29.8 Å². The lowest BCUT2D eigenvalue weighted by Gasteiger charge is -2.28. The summed E-state index contributed by atoms with van der Waals surface area (Å²) >= 11 is 0. The van der Waals surface area contributed by atoms with Crippen LogP contribution in [0.2, 0.25) is 0 Å². The van der Waals surface area contributed by atoms with Crippen molar-refractivity contribution in [3.8, 4) is 0 Å². The van der Waals surface area contributed by atoms with Gasteiger partial charge in [0.15, 0.2) is 0 Å². The number of hydrogen-bond donors (Lipinski definition) is 1. The van der Waals surface area contributed by atoms with Crippen molar-refractivity contribution >= 4 is 17.6 Å². The Hall–Kier alpha value is -2.66.